The molecule has 0 unspecified atom stereocenters. The molecule has 124 valence electrons. The van der Waals surface area contributed by atoms with E-state index in [1.165, 1.54) is 5.06 Å². The number of fused-ring (bicyclic) bond motifs is 2. The van der Waals surface area contributed by atoms with Gasteiger partial charge in [-0.1, -0.05) is 17.7 Å². The summed E-state index contributed by atoms with van der Waals surface area (Å²) in [4.78, 5) is 9.18. The fourth-order valence-electron chi connectivity index (χ4n) is 3.21. The third kappa shape index (κ3) is 2.65. The molecule has 0 amide bonds. The molecule has 0 saturated carbocycles. The van der Waals surface area contributed by atoms with Crippen molar-refractivity contribution >= 4 is 40.6 Å². The van der Waals surface area contributed by atoms with Crippen molar-refractivity contribution in [1.82, 2.24) is 4.90 Å². The van der Waals surface area contributed by atoms with Gasteiger partial charge in [-0.05, 0) is 37.4 Å². The lowest BCUT2D eigenvalue weighted by Gasteiger charge is -2.36. The van der Waals surface area contributed by atoms with Crippen LogP contribution in [0.2, 0.25) is 5.02 Å². The number of hydrogen-bond acceptors (Lipinski definition) is 5. The van der Waals surface area contributed by atoms with Crippen LogP contribution in [0.25, 0.3) is 0 Å². The van der Waals surface area contributed by atoms with Crippen molar-refractivity contribution in [2.24, 2.45) is 4.99 Å². The van der Waals surface area contributed by atoms with Crippen molar-refractivity contribution in [3.05, 3.63) is 47.0 Å². The number of halogens is 1. The maximum absolute atomic E-state index is 10.9. The van der Waals surface area contributed by atoms with E-state index in [1.54, 1.807) is 18.3 Å². The Kier molecular flexibility index (Phi) is 3.92. The number of anilines is 3. The van der Waals surface area contributed by atoms with Crippen molar-refractivity contribution in [2.45, 2.75) is 0 Å². The van der Waals surface area contributed by atoms with Crippen LogP contribution in [0.4, 0.5) is 22.7 Å². The van der Waals surface area contributed by atoms with Gasteiger partial charge in [-0.3, -0.25) is 10.2 Å². The highest BCUT2D eigenvalue weighted by Gasteiger charge is 2.25. The Morgan fingerprint density at radius 2 is 1.83 bits per heavy atom. The molecule has 2 aromatic rings. The molecule has 4 rings (SSSR count). The first-order valence-electron chi connectivity index (χ1n) is 8.02. The van der Waals surface area contributed by atoms with Gasteiger partial charge in [-0.25, -0.2) is 5.06 Å². The molecule has 0 aliphatic carbocycles. The van der Waals surface area contributed by atoms with Gasteiger partial charge in [0.1, 0.15) is 5.69 Å². The monoisotopic (exact) mass is 342 g/mol. The Labute approximate surface area is 146 Å². The quantitative estimate of drug-likeness (QED) is 0.858. The van der Waals surface area contributed by atoms with E-state index < -0.39 is 0 Å². The Balaban J connectivity index is 1.82. The van der Waals surface area contributed by atoms with Crippen molar-refractivity contribution in [1.29, 1.82) is 0 Å². The van der Waals surface area contributed by atoms with Crippen LogP contribution in [-0.4, -0.2) is 49.5 Å². The van der Waals surface area contributed by atoms with Gasteiger partial charge in [0.15, 0.2) is 0 Å². The number of benzene rings is 2. The lowest BCUT2D eigenvalue weighted by molar-refractivity contribution is 0.298. The van der Waals surface area contributed by atoms with Crippen LogP contribution < -0.4 is 9.96 Å². The second-order valence-electron chi connectivity index (χ2n) is 6.21. The van der Waals surface area contributed by atoms with E-state index in [4.69, 9.17) is 11.6 Å². The molecule has 1 fully saturated rings. The number of para-hydroxylation sites is 1. The minimum atomic E-state index is 0.585. The molecule has 2 heterocycles. The van der Waals surface area contributed by atoms with Crippen molar-refractivity contribution in [3.8, 4) is 0 Å². The van der Waals surface area contributed by atoms with Crippen molar-refractivity contribution in [2.75, 3.05) is 43.2 Å². The predicted octanol–water partition coefficient (Wildman–Crippen LogP) is 3.68. The van der Waals surface area contributed by atoms with Gasteiger partial charge in [0, 0.05) is 43.0 Å². The van der Waals surface area contributed by atoms with Crippen LogP contribution >= 0.6 is 11.6 Å². The summed E-state index contributed by atoms with van der Waals surface area (Å²) in [6, 6.07) is 11.4. The fraction of sp³-hybridized carbons (Fsp3) is 0.278. The molecule has 2 aliphatic rings. The number of aliphatic imine (C=N–C) groups is 1. The van der Waals surface area contributed by atoms with E-state index in [0.29, 0.717) is 16.4 Å². The highest BCUT2D eigenvalue weighted by atomic mass is 35.5. The maximum Gasteiger partial charge on any atom is 0.118 e. The summed E-state index contributed by atoms with van der Waals surface area (Å²) < 4.78 is 0. The number of piperazine rings is 1. The number of rotatable bonds is 1. The Morgan fingerprint density at radius 1 is 1.04 bits per heavy atom. The first kappa shape index (κ1) is 15.4. The van der Waals surface area contributed by atoms with Crippen LogP contribution in [0.5, 0.6) is 0 Å². The summed E-state index contributed by atoms with van der Waals surface area (Å²) in [6.45, 7) is 3.85. The smallest absolute Gasteiger partial charge is 0.118 e. The summed E-state index contributed by atoms with van der Waals surface area (Å²) in [5, 5.41) is 12.7. The zero-order valence-electron chi connectivity index (χ0n) is 13.5. The zero-order chi connectivity index (χ0) is 16.7. The van der Waals surface area contributed by atoms with Gasteiger partial charge in [0.25, 0.3) is 0 Å². The van der Waals surface area contributed by atoms with Crippen LogP contribution in [-0.2, 0) is 0 Å². The predicted molar refractivity (Wildman–Crippen MR) is 98.8 cm³/mol. The lowest BCUT2D eigenvalue weighted by Crippen LogP contribution is -2.44. The Morgan fingerprint density at radius 3 is 2.62 bits per heavy atom. The van der Waals surface area contributed by atoms with Gasteiger partial charge in [-0.15, -0.1) is 0 Å². The second-order valence-corrected chi connectivity index (χ2v) is 6.64. The van der Waals surface area contributed by atoms with E-state index in [0.717, 1.165) is 43.1 Å². The highest BCUT2D eigenvalue weighted by Crippen LogP contribution is 2.44. The van der Waals surface area contributed by atoms with E-state index in [2.05, 4.69) is 21.8 Å². The molecule has 24 heavy (non-hydrogen) atoms. The van der Waals surface area contributed by atoms with Crippen LogP contribution in [0.3, 0.4) is 0 Å². The third-order valence-electron chi connectivity index (χ3n) is 4.61. The molecular formula is C18H19ClN4O. The molecule has 1 N–H and O–H groups in total. The number of likely N-dealkylation sites (N-methyl/N-ethyl adjacent to an activating group) is 1. The average Bonchev–Trinajstić information content (AvgIpc) is 2.73. The average molecular weight is 343 g/mol. The van der Waals surface area contributed by atoms with Crippen LogP contribution in [0, 0.1) is 0 Å². The zero-order valence-corrected chi connectivity index (χ0v) is 14.2. The van der Waals surface area contributed by atoms with Crippen molar-refractivity contribution in [3.63, 3.8) is 0 Å². The van der Waals surface area contributed by atoms with E-state index in [-0.39, 0.29) is 0 Å². The normalized spacial score (nSPS) is 17.5. The SMILES string of the molecule is CN1CCN(c2cccc3c2N(O)c2cc(Cl)ccc2C=N3)CC1. The molecule has 0 spiro atoms. The molecule has 0 aromatic heterocycles. The summed E-state index contributed by atoms with van der Waals surface area (Å²) in [5.41, 5.74) is 3.93. The lowest BCUT2D eigenvalue weighted by atomic mass is 10.1. The maximum atomic E-state index is 10.9. The first-order valence-corrected chi connectivity index (χ1v) is 8.40. The van der Waals surface area contributed by atoms with E-state index in [9.17, 15) is 5.21 Å². The first-order chi connectivity index (χ1) is 11.6. The molecule has 0 atom stereocenters. The molecule has 0 bridgehead atoms. The summed E-state index contributed by atoms with van der Waals surface area (Å²) in [6.07, 6.45) is 1.77. The topological polar surface area (TPSA) is 42.3 Å². The molecule has 2 aromatic carbocycles. The molecular weight excluding hydrogens is 324 g/mol. The minimum Gasteiger partial charge on any atom is -0.367 e. The van der Waals surface area contributed by atoms with Gasteiger partial charge < -0.3 is 9.80 Å². The standard InChI is InChI=1S/C18H19ClN4O/c1-21-7-9-22(10-8-21)16-4-2-3-15-18(16)23(24)17-11-14(19)6-5-13(17)12-20-15/h2-6,11-12,24H,7-10H2,1H3. The van der Waals surface area contributed by atoms with Gasteiger partial charge in [-0.2, -0.15) is 0 Å². The summed E-state index contributed by atoms with van der Waals surface area (Å²) in [5.74, 6) is 0. The van der Waals surface area contributed by atoms with E-state index >= 15 is 0 Å². The molecule has 2 aliphatic heterocycles. The van der Waals surface area contributed by atoms with Gasteiger partial charge >= 0.3 is 0 Å². The molecule has 0 radical (unpaired) electrons. The van der Waals surface area contributed by atoms with Crippen molar-refractivity contribution < 1.29 is 5.21 Å². The second kappa shape index (κ2) is 6.09. The van der Waals surface area contributed by atoms with Gasteiger partial charge in [0.05, 0.1) is 17.1 Å². The summed E-state index contributed by atoms with van der Waals surface area (Å²) in [7, 11) is 2.13. The molecule has 5 nitrogen and oxygen atoms in total. The Hall–Kier alpha value is -2.08. The third-order valence-corrected chi connectivity index (χ3v) is 4.85. The van der Waals surface area contributed by atoms with Crippen LogP contribution in [0.1, 0.15) is 5.56 Å². The largest absolute Gasteiger partial charge is 0.367 e. The fourth-order valence-corrected chi connectivity index (χ4v) is 3.38. The number of nitrogens with zero attached hydrogens (tertiary/aromatic N) is 4. The van der Waals surface area contributed by atoms with Gasteiger partial charge in [0.2, 0.25) is 0 Å². The van der Waals surface area contributed by atoms with E-state index in [1.807, 2.05) is 24.3 Å². The molecule has 6 heteroatoms. The highest BCUT2D eigenvalue weighted by molar-refractivity contribution is 6.31. The molecule has 1 saturated heterocycles. The number of hydrogen-bond donors (Lipinski definition) is 1. The summed E-state index contributed by atoms with van der Waals surface area (Å²) >= 11 is 6.13. The van der Waals surface area contributed by atoms with Crippen LogP contribution in [0.15, 0.2) is 41.4 Å². The minimum absolute atomic E-state index is 0.585. The Bertz CT molecular complexity index is 800.